The predicted octanol–water partition coefficient (Wildman–Crippen LogP) is 4.77. The molecule has 10 heteroatoms. The lowest BCUT2D eigenvalue weighted by Gasteiger charge is -2.15. The number of pyridine rings is 1. The Labute approximate surface area is 212 Å². The lowest BCUT2D eigenvalue weighted by Crippen LogP contribution is -2.12. The van der Waals surface area contributed by atoms with Crippen molar-refractivity contribution in [2.24, 2.45) is 13.0 Å². The van der Waals surface area contributed by atoms with E-state index < -0.39 is 5.97 Å². The number of benzene rings is 1. The molecular weight excluding hydrogens is 512 g/mol. The number of halogens is 1. The highest BCUT2D eigenvalue weighted by molar-refractivity contribution is 9.10. The van der Waals surface area contributed by atoms with Gasteiger partial charge in [-0.15, -0.1) is 0 Å². The van der Waals surface area contributed by atoms with E-state index in [4.69, 9.17) is 15.2 Å². The van der Waals surface area contributed by atoms with Crippen molar-refractivity contribution in [3.8, 4) is 17.1 Å². The van der Waals surface area contributed by atoms with Crippen molar-refractivity contribution in [2.45, 2.75) is 33.2 Å². The number of nitrogen functional groups attached to an aromatic ring is 1. The number of hydrogen-bond acceptors (Lipinski definition) is 7. The second kappa shape index (κ2) is 10.5. The number of methoxy groups -OCH3 is 1. The van der Waals surface area contributed by atoms with Crippen LogP contribution in [0.4, 0.5) is 5.95 Å². The number of rotatable bonds is 9. The van der Waals surface area contributed by atoms with Crippen LogP contribution in [0.25, 0.3) is 22.3 Å². The zero-order valence-electron chi connectivity index (χ0n) is 20.3. The highest BCUT2D eigenvalue weighted by Crippen LogP contribution is 2.30. The smallest absolute Gasteiger partial charge is 0.337 e. The summed E-state index contributed by atoms with van der Waals surface area (Å²) in [4.78, 5) is 21.1. The molecule has 3 heterocycles. The maximum atomic E-state index is 12.0. The summed E-state index contributed by atoms with van der Waals surface area (Å²) in [6.45, 7) is 5.34. The molecule has 1 aromatic carbocycles. The van der Waals surface area contributed by atoms with Crippen LogP contribution < -0.4 is 10.5 Å². The number of ether oxygens (including phenoxy) is 2. The normalized spacial score (nSPS) is 12.1. The number of esters is 1. The van der Waals surface area contributed by atoms with Crippen molar-refractivity contribution in [1.82, 2.24) is 24.3 Å². The Hall–Kier alpha value is -3.40. The monoisotopic (exact) mass is 540 g/mol. The number of aryl methyl sites for hydroxylation is 2. The molecule has 0 unspecified atom stereocenters. The highest BCUT2D eigenvalue weighted by atomic mass is 79.9. The van der Waals surface area contributed by atoms with E-state index in [2.05, 4.69) is 42.5 Å². The van der Waals surface area contributed by atoms with E-state index in [0.717, 1.165) is 40.5 Å². The molecule has 184 valence electrons. The minimum absolute atomic E-state index is 0.379. The fourth-order valence-corrected chi connectivity index (χ4v) is 4.47. The molecule has 0 aliphatic carbocycles. The van der Waals surface area contributed by atoms with Crippen molar-refractivity contribution >= 4 is 38.9 Å². The van der Waals surface area contributed by atoms with Gasteiger partial charge in [-0.2, -0.15) is 5.10 Å². The number of carbonyl (C=O) groups excluding carboxylic acids is 1. The maximum Gasteiger partial charge on any atom is 0.337 e. The van der Waals surface area contributed by atoms with Crippen LogP contribution in [0.15, 0.2) is 41.0 Å². The largest absolute Gasteiger partial charge is 0.477 e. The molecule has 0 radical (unpaired) electrons. The Bertz CT molecular complexity index is 1360. The molecule has 0 saturated carbocycles. The molecule has 0 aliphatic heterocycles. The van der Waals surface area contributed by atoms with E-state index in [-0.39, 0.29) is 0 Å². The summed E-state index contributed by atoms with van der Waals surface area (Å²) in [7, 11) is 3.18. The molecule has 3 aromatic heterocycles. The molecule has 4 aromatic rings. The number of carbonyl (C=O) groups is 1. The number of anilines is 1. The minimum atomic E-state index is -0.407. The van der Waals surface area contributed by atoms with Crippen LogP contribution >= 0.6 is 15.9 Å². The molecule has 2 N–H and O–H groups in total. The number of hydrogen-bond donors (Lipinski definition) is 1. The molecule has 0 fully saturated rings. The Morgan fingerprint density at radius 3 is 2.80 bits per heavy atom. The Morgan fingerprint density at radius 2 is 2.03 bits per heavy atom. The molecule has 0 amide bonds. The quantitative estimate of drug-likeness (QED) is 0.240. The first kappa shape index (κ1) is 24.7. The number of nitrogens with zero attached hydrogens (tertiary/aromatic N) is 5. The third-order valence-electron chi connectivity index (χ3n) is 5.85. The summed E-state index contributed by atoms with van der Waals surface area (Å²) in [5.41, 5.74) is 10.6. The van der Waals surface area contributed by atoms with E-state index in [1.807, 2.05) is 32.2 Å². The fraction of sp³-hybridized carbons (Fsp3) is 0.360. The topological polar surface area (TPSA) is 110 Å². The SMILES string of the molecule is COC(=O)c1cc(C)nc(-c2cnn(C)c2OCCC[C@@H](C)Cn2c(N)nc3ccc(Br)cc32)c1. The molecule has 0 bridgehead atoms. The number of imidazole rings is 1. The van der Waals surface area contributed by atoms with Gasteiger partial charge in [0.25, 0.3) is 0 Å². The van der Waals surface area contributed by atoms with Gasteiger partial charge in [-0.25, -0.2) is 14.5 Å². The summed E-state index contributed by atoms with van der Waals surface area (Å²) < 4.78 is 15.7. The van der Waals surface area contributed by atoms with Gasteiger partial charge < -0.3 is 19.8 Å². The lowest BCUT2D eigenvalue weighted by molar-refractivity contribution is 0.0600. The van der Waals surface area contributed by atoms with Gasteiger partial charge in [-0.3, -0.25) is 4.98 Å². The van der Waals surface area contributed by atoms with Crippen molar-refractivity contribution in [2.75, 3.05) is 19.5 Å². The van der Waals surface area contributed by atoms with Crippen LogP contribution in [-0.4, -0.2) is 44.0 Å². The highest BCUT2D eigenvalue weighted by Gasteiger charge is 2.17. The van der Waals surface area contributed by atoms with Gasteiger partial charge in [0.2, 0.25) is 11.8 Å². The van der Waals surface area contributed by atoms with Crippen LogP contribution in [0.1, 0.15) is 35.8 Å². The van der Waals surface area contributed by atoms with Gasteiger partial charge in [0, 0.05) is 23.8 Å². The van der Waals surface area contributed by atoms with Gasteiger partial charge in [-0.1, -0.05) is 22.9 Å². The summed E-state index contributed by atoms with van der Waals surface area (Å²) >= 11 is 3.53. The third-order valence-corrected chi connectivity index (χ3v) is 6.34. The Balaban J connectivity index is 1.39. The second-order valence-corrected chi connectivity index (χ2v) is 9.59. The zero-order chi connectivity index (χ0) is 25.1. The van der Waals surface area contributed by atoms with Crippen LogP contribution in [0, 0.1) is 12.8 Å². The van der Waals surface area contributed by atoms with Crippen molar-refractivity contribution < 1.29 is 14.3 Å². The molecule has 9 nitrogen and oxygen atoms in total. The van der Waals surface area contributed by atoms with E-state index in [0.29, 0.717) is 41.3 Å². The molecule has 1 atom stereocenters. The van der Waals surface area contributed by atoms with E-state index in [9.17, 15) is 4.79 Å². The number of fused-ring (bicyclic) bond motifs is 1. The van der Waals surface area contributed by atoms with Crippen molar-refractivity contribution in [3.05, 3.63) is 52.3 Å². The Morgan fingerprint density at radius 1 is 1.23 bits per heavy atom. The summed E-state index contributed by atoms with van der Waals surface area (Å²) in [6, 6.07) is 9.37. The fourth-order valence-electron chi connectivity index (χ4n) is 4.13. The van der Waals surface area contributed by atoms with Gasteiger partial charge >= 0.3 is 5.97 Å². The van der Waals surface area contributed by atoms with Gasteiger partial charge in [0.15, 0.2) is 0 Å². The lowest BCUT2D eigenvalue weighted by atomic mass is 10.1. The maximum absolute atomic E-state index is 12.0. The van der Waals surface area contributed by atoms with Gasteiger partial charge in [0.1, 0.15) is 0 Å². The minimum Gasteiger partial charge on any atom is -0.477 e. The van der Waals surface area contributed by atoms with Gasteiger partial charge in [-0.05, 0) is 56.0 Å². The van der Waals surface area contributed by atoms with Crippen LogP contribution in [-0.2, 0) is 18.3 Å². The molecule has 35 heavy (non-hydrogen) atoms. The average molecular weight is 541 g/mol. The van der Waals surface area contributed by atoms with E-state index in [1.54, 1.807) is 23.0 Å². The van der Waals surface area contributed by atoms with Crippen LogP contribution in [0.3, 0.4) is 0 Å². The molecule has 4 rings (SSSR count). The second-order valence-electron chi connectivity index (χ2n) is 8.67. The van der Waals surface area contributed by atoms with Crippen LogP contribution in [0.2, 0.25) is 0 Å². The number of nitrogens with two attached hydrogens (primary N) is 1. The summed E-state index contributed by atoms with van der Waals surface area (Å²) in [5, 5.41) is 4.33. The summed E-state index contributed by atoms with van der Waals surface area (Å²) in [6.07, 6.45) is 3.51. The first-order chi connectivity index (χ1) is 16.8. The molecule has 0 saturated heterocycles. The molecule has 0 spiro atoms. The van der Waals surface area contributed by atoms with Crippen LogP contribution in [0.5, 0.6) is 5.88 Å². The predicted molar refractivity (Wildman–Crippen MR) is 138 cm³/mol. The first-order valence-electron chi connectivity index (χ1n) is 11.4. The first-order valence-corrected chi connectivity index (χ1v) is 12.2. The third kappa shape index (κ3) is 5.48. The van der Waals surface area contributed by atoms with Gasteiger partial charge in [0.05, 0.1) is 47.8 Å². The zero-order valence-corrected chi connectivity index (χ0v) is 21.9. The average Bonchev–Trinajstić information content (AvgIpc) is 3.34. The van der Waals surface area contributed by atoms with Crippen molar-refractivity contribution in [1.29, 1.82) is 0 Å². The molecular formula is C25H29BrN6O3. The summed E-state index contributed by atoms with van der Waals surface area (Å²) in [5.74, 6) is 1.11. The van der Waals surface area contributed by atoms with Crippen molar-refractivity contribution in [3.63, 3.8) is 0 Å². The Kier molecular flexibility index (Phi) is 7.39. The van der Waals surface area contributed by atoms with E-state index >= 15 is 0 Å². The van der Waals surface area contributed by atoms with E-state index in [1.165, 1.54) is 7.11 Å². The number of aromatic nitrogens is 5. The molecule has 0 aliphatic rings. The standard InChI is InChI=1S/C25H29BrN6O3/c1-15(14-32-22-12-18(26)7-8-20(22)30-25(32)27)6-5-9-35-23-19(13-28-31(23)3)21-11-17(24(33)34-4)10-16(2)29-21/h7-8,10-13,15H,5-6,9,14H2,1-4H3,(H2,27,30)/t15-/m1/s1.